The zero-order valence-corrected chi connectivity index (χ0v) is 22.4. The molecule has 4 rings (SSSR count). The number of rotatable bonds is 9. The summed E-state index contributed by atoms with van der Waals surface area (Å²) in [4.78, 5) is 12.6. The van der Waals surface area contributed by atoms with E-state index < -0.39 is 12.2 Å². The topological polar surface area (TPSA) is 57.5 Å². The molecule has 2 N–H and O–H groups in total. The van der Waals surface area contributed by atoms with Crippen LogP contribution in [0.4, 0.5) is 0 Å². The van der Waals surface area contributed by atoms with Gasteiger partial charge in [-0.05, 0) is 98.5 Å². The minimum Gasteiger partial charge on any atom is -0.393 e. The summed E-state index contributed by atoms with van der Waals surface area (Å²) < 4.78 is 0. The predicted molar refractivity (Wildman–Crippen MR) is 144 cm³/mol. The normalized spacial score (nSPS) is 37.7. The Kier molecular flexibility index (Phi) is 8.28. The van der Waals surface area contributed by atoms with E-state index in [0.29, 0.717) is 41.8 Å². The van der Waals surface area contributed by atoms with E-state index in [9.17, 15) is 15.0 Å². The van der Waals surface area contributed by atoms with Gasteiger partial charge >= 0.3 is 0 Å². The van der Waals surface area contributed by atoms with Crippen molar-refractivity contribution in [3.63, 3.8) is 0 Å². The highest BCUT2D eigenvalue weighted by molar-refractivity contribution is 5.87. The first kappa shape index (κ1) is 26.6. The highest BCUT2D eigenvalue weighted by Crippen LogP contribution is 2.59. The molecule has 0 radical (unpaired) electrons. The molecule has 0 aromatic carbocycles. The molecule has 6 atom stereocenters. The molecule has 0 bridgehead atoms. The molecule has 4 aliphatic rings. The van der Waals surface area contributed by atoms with Crippen LogP contribution in [-0.2, 0) is 4.79 Å². The van der Waals surface area contributed by atoms with Crippen LogP contribution in [0, 0.1) is 28.6 Å². The first-order valence-electron chi connectivity index (χ1n) is 14.3. The zero-order chi connectivity index (χ0) is 25.2. The molecule has 4 aliphatic carbocycles. The van der Waals surface area contributed by atoms with Crippen molar-refractivity contribution in [1.29, 1.82) is 0 Å². The summed E-state index contributed by atoms with van der Waals surface area (Å²) in [5, 5.41) is 20.3. The average Bonchev–Trinajstić information content (AvgIpc) is 3.52. The van der Waals surface area contributed by atoms with Crippen molar-refractivity contribution < 1.29 is 15.0 Å². The number of carbonyl (C=O) groups is 1. The molecule has 0 saturated heterocycles. The molecule has 0 heterocycles. The molecule has 35 heavy (non-hydrogen) atoms. The number of fused-ring (bicyclic) bond motifs is 1. The third kappa shape index (κ3) is 5.62. The molecule has 3 heteroatoms. The Morgan fingerprint density at radius 3 is 2.69 bits per heavy atom. The van der Waals surface area contributed by atoms with Crippen LogP contribution >= 0.6 is 0 Å². The molecule has 0 unspecified atom stereocenters. The predicted octanol–water partition coefficient (Wildman–Crippen LogP) is 7.25. The molecule has 0 amide bonds. The third-order valence-corrected chi connectivity index (χ3v) is 10.1. The summed E-state index contributed by atoms with van der Waals surface area (Å²) in [7, 11) is 0. The lowest BCUT2D eigenvalue weighted by atomic mass is 9.61. The van der Waals surface area contributed by atoms with Crippen LogP contribution in [0.5, 0.6) is 0 Å². The van der Waals surface area contributed by atoms with E-state index in [1.54, 1.807) is 5.57 Å². The number of hydrogen-bond acceptors (Lipinski definition) is 3. The monoisotopic (exact) mass is 480 g/mol. The number of aliphatic hydroxyl groups excluding tert-OH is 2. The van der Waals surface area contributed by atoms with Gasteiger partial charge in [0.25, 0.3) is 0 Å². The minimum absolute atomic E-state index is 0.0218. The lowest BCUT2D eigenvalue weighted by Crippen LogP contribution is -2.35. The Morgan fingerprint density at radius 2 is 1.97 bits per heavy atom. The number of aliphatic hydroxyl groups is 2. The van der Waals surface area contributed by atoms with Crippen molar-refractivity contribution in [3.8, 4) is 0 Å². The highest BCUT2D eigenvalue weighted by atomic mass is 16.3. The molecule has 0 spiro atoms. The molecule has 4 saturated carbocycles. The number of carbonyl (C=O) groups excluding carboxylic acids is 1. The molecule has 4 fully saturated rings. The van der Waals surface area contributed by atoms with Gasteiger partial charge in [-0.2, -0.15) is 0 Å². The largest absolute Gasteiger partial charge is 0.393 e. The van der Waals surface area contributed by atoms with E-state index in [1.165, 1.54) is 25.7 Å². The van der Waals surface area contributed by atoms with E-state index in [-0.39, 0.29) is 5.41 Å². The fourth-order valence-electron chi connectivity index (χ4n) is 7.60. The third-order valence-electron chi connectivity index (χ3n) is 10.1. The van der Waals surface area contributed by atoms with E-state index >= 15 is 0 Å². The average molecular weight is 481 g/mol. The van der Waals surface area contributed by atoms with Crippen LogP contribution in [0.15, 0.2) is 47.6 Å². The van der Waals surface area contributed by atoms with Crippen molar-refractivity contribution in [2.24, 2.45) is 28.6 Å². The summed E-state index contributed by atoms with van der Waals surface area (Å²) in [6.45, 7) is 11.1. The lowest BCUT2D eigenvalue weighted by Gasteiger charge is -2.44. The summed E-state index contributed by atoms with van der Waals surface area (Å²) in [6, 6.07) is 0. The fourth-order valence-corrected chi connectivity index (χ4v) is 7.60. The summed E-state index contributed by atoms with van der Waals surface area (Å²) in [5.41, 5.74) is 3.63. The molecule has 0 aliphatic heterocycles. The Morgan fingerprint density at radius 1 is 1.20 bits per heavy atom. The van der Waals surface area contributed by atoms with Crippen LogP contribution < -0.4 is 0 Å². The van der Waals surface area contributed by atoms with E-state index in [4.69, 9.17) is 0 Å². The van der Waals surface area contributed by atoms with Gasteiger partial charge in [0.15, 0.2) is 0 Å². The van der Waals surface area contributed by atoms with Crippen molar-refractivity contribution in [2.45, 2.75) is 116 Å². The smallest absolute Gasteiger partial charge is 0.139 e. The van der Waals surface area contributed by atoms with Gasteiger partial charge in [-0.3, -0.25) is 4.79 Å². The minimum atomic E-state index is -0.625. The van der Waals surface area contributed by atoms with Crippen molar-refractivity contribution in [1.82, 2.24) is 0 Å². The second-order valence-corrected chi connectivity index (χ2v) is 12.5. The van der Waals surface area contributed by atoms with Gasteiger partial charge in [0, 0.05) is 18.3 Å². The van der Waals surface area contributed by atoms with Crippen LogP contribution in [-0.4, -0.2) is 28.2 Å². The molecular weight excluding hydrogens is 432 g/mol. The maximum absolute atomic E-state index is 12.6. The first-order chi connectivity index (χ1) is 16.7. The number of ketones is 1. The molecule has 0 aromatic heterocycles. The Bertz CT molecular complexity index is 888. The standard InChI is InChI=1S/C32H48O3/c1-5-6-11-30(35)32(18-19-32)17-7-9-22(2)27-14-15-28-24(10-8-16-31(27,28)4)12-13-25-20-26(33)21-29(34)23(25)3/h7,9,12-13,22,26-29,33-34H,3,5-6,8,10-11,14-21H2,1-2,4H3/t22-,26-,27-,28+,29+,31-/m1/s1. The van der Waals surface area contributed by atoms with E-state index in [1.807, 2.05) is 0 Å². The fraction of sp³-hybridized carbons (Fsp3) is 0.719. The van der Waals surface area contributed by atoms with Crippen LogP contribution in [0.3, 0.4) is 0 Å². The number of Topliss-reactive ketones (excluding diaryl/α,β-unsaturated/α-hetero) is 1. The van der Waals surface area contributed by atoms with Gasteiger partial charge in [0.2, 0.25) is 0 Å². The van der Waals surface area contributed by atoms with Gasteiger partial charge in [-0.1, -0.05) is 63.6 Å². The quantitative estimate of drug-likeness (QED) is 0.342. The maximum atomic E-state index is 12.6. The van der Waals surface area contributed by atoms with Gasteiger partial charge < -0.3 is 10.2 Å². The van der Waals surface area contributed by atoms with Gasteiger partial charge in [0.05, 0.1) is 12.2 Å². The zero-order valence-electron chi connectivity index (χ0n) is 22.4. The number of unbranched alkanes of at least 4 members (excludes halogenated alkanes) is 1. The summed E-state index contributed by atoms with van der Waals surface area (Å²) in [5.74, 6) is 2.33. The lowest BCUT2D eigenvalue weighted by molar-refractivity contribution is -0.124. The highest BCUT2D eigenvalue weighted by Gasteiger charge is 2.50. The van der Waals surface area contributed by atoms with E-state index in [0.717, 1.165) is 56.1 Å². The Balaban J connectivity index is 1.41. The maximum Gasteiger partial charge on any atom is 0.139 e. The Labute approximate surface area is 213 Å². The summed E-state index contributed by atoms with van der Waals surface area (Å²) in [6.07, 6.45) is 21.3. The summed E-state index contributed by atoms with van der Waals surface area (Å²) >= 11 is 0. The number of allylic oxidation sites excluding steroid dienone is 5. The van der Waals surface area contributed by atoms with Crippen molar-refractivity contribution >= 4 is 5.78 Å². The number of hydrogen-bond donors (Lipinski definition) is 2. The van der Waals surface area contributed by atoms with Gasteiger partial charge in [-0.25, -0.2) is 0 Å². The van der Waals surface area contributed by atoms with Crippen LogP contribution in [0.2, 0.25) is 0 Å². The van der Waals surface area contributed by atoms with Crippen LogP contribution in [0.25, 0.3) is 0 Å². The molecular formula is C32H48O3. The van der Waals surface area contributed by atoms with Gasteiger partial charge in [-0.15, -0.1) is 0 Å². The van der Waals surface area contributed by atoms with E-state index in [2.05, 4.69) is 51.7 Å². The second kappa shape index (κ2) is 10.9. The second-order valence-electron chi connectivity index (χ2n) is 12.5. The SMILES string of the molecule is C=C1C(=CC=C2CCC[C@]3(C)[C@@H]([C@H](C)C=CCC4(C(=O)CCCC)CC4)CC[C@@H]23)C[C@@H](O)C[C@@H]1O. The Hall–Kier alpha value is -1.45. The first-order valence-corrected chi connectivity index (χ1v) is 14.3. The van der Waals surface area contributed by atoms with Crippen LogP contribution in [0.1, 0.15) is 104 Å². The molecule has 0 aromatic rings. The van der Waals surface area contributed by atoms with Crippen molar-refractivity contribution in [3.05, 3.63) is 47.6 Å². The molecule has 3 nitrogen and oxygen atoms in total. The molecule has 194 valence electrons. The van der Waals surface area contributed by atoms with Gasteiger partial charge in [0.1, 0.15) is 5.78 Å². The van der Waals surface area contributed by atoms with Crippen molar-refractivity contribution in [2.75, 3.05) is 0 Å².